The second kappa shape index (κ2) is 10.5. The minimum atomic E-state index is -0.946. The van der Waals surface area contributed by atoms with Crippen LogP contribution >= 0.6 is 0 Å². The average molecular weight is 542 g/mol. The molecule has 0 aliphatic carbocycles. The minimum Gasteiger partial charge on any atom is -0.328 e. The number of carbonyl (C=O) groups is 3. The first-order valence-corrected chi connectivity index (χ1v) is 12.2. The number of hydrogen-bond acceptors (Lipinski definition) is 5. The van der Waals surface area contributed by atoms with Gasteiger partial charge in [-0.3, -0.25) is 14.4 Å². The van der Waals surface area contributed by atoms with Gasteiger partial charge < -0.3 is 15.1 Å². The van der Waals surface area contributed by atoms with Gasteiger partial charge in [-0.2, -0.15) is 0 Å². The Morgan fingerprint density at radius 2 is 1.20 bits per heavy atom. The van der Waals surface area contributed by atoms with Gasteiger partial charge in [0.1, 0.15) is 28.8 Å². The molecule has 40 heavy (non-hydrogen) atoms. The lowest BCUT2D eigenvalue weighted by atomic mass is 9.95. The fourth-order valence-corrected chi connectivity index (χ4v) is 4.62. The smallest absolute Gasteiger partial charge is 0.255 e. The van der Waals surface area contributed by atoms with Crippen LogP contribution in [-0.2, 0) is 0 Å². The number of nitrogens with zero attached hydrogens (tertiary/aromatic N) is 2. The van der Waals surface area contributed by atoms with Crippen molar-refractivity contribution in [1.29, 1.82) is 0 Å². The number of amides is 1. The van der Waals surface area contributed by atoms with Crippen molar-refractivity contribution in [2.45, 2.75) is 0 Å². The van der Waals surface area contributed by atoms with E-state index in [9.17, 15) is 27.6 Å². The van der Waals surface area contributed by atoms with E-state index in [1.807, 2.05) is 0 Å². The Bertz CT molecular complexity index is 1670. The highest BCUT2D eigenvalue weighted by Gasteiger charge is 2.36. The van der Waals surface area contributed by atoms with Crippen LogP contribution in [-0.4, -0.2) is 31.6 Å². The SMILES string of the molecule is CN1C(=C(C(=O)c2ccccc2)C(=O)c2cc(F)cc(F)c2)N(C)c2cc(NC(=O)c3ccc(F)cc3)ccc21. The summed E-state index contributed by atoms with van der Waals surface area (Å²) in [5.74, 6) is -4.08. The van der Waals surface area contributed by atoms with Crippen LogP contribution in [0.25, 0.3) is 0 Å². The second-order valence-electron chi connectivity index (χ2n) is 9.16. The number of halogens is 3. The van der Waals surface area contributed by atoms with Gasteiger partial charge >= 0.3 is 0 Å². The van der Waals surface area contributed by atoms with Crippen LogP contribution in [0.4, 0.5) is 30.2 Å². The number of carbonyl (C=O) groups excluding carboxylic acids is 3. The number of rotatable bonds is 6. The molecule has 6 nitrogen and oxygen atoms in total. The lowest BCUT2D eigenvalue weighted by Crippen LogP contribution is -2.30. The zero-order valence-corrected chi connectivity index (χ0v) is 21.4. The lowest BCUT2D eigenvalue weighted by molar-refractivity contribution is 0.0957. The molecular formula is C31H22F3N3O3. The van der Waals surface area contributed by atoms with Gasteiger partial charge in [-0.05, 0) is 54.6 Å². The van der Waals surface area contributed by atoms with Gasteiger partial charge in [0.15, 0.2) is 0 Å². The maximum atomic E-state index is 14.0. The van der Waals surface area contributed by atoms with E-state index in [2.05, 4.69) is 5.32 Å². The molecule has 4 aromatic carbocycles. The molecule has 0 saturated carbocycles. The Morgan fingerprint density at radius 3 is 1.85 bits per heavy atom. The summed E-state index contributed by atoms with van der Waals surface area (Å²) in [5, 5.41) is 2.76. The highest BCUT2D eigenvalue weighted by Crippen LogP contribution is 2.43. The second-order valence-corrected chi connectivity index (χ2v) is 9.16. The molecule has 200 valence electrons. The van der Waals surface area contributed by atoms with Crippen molar-refractivity contribution in [3.63, 3.8) is 0 Å². The molecule has 1 N–H and O–H groups in total. The number of benzene rings is 4. The van der Waals surface area contributed by atoms with Gasteiger partial charge in [-0.15, -0.1) is 0 Å². The zero-order valence-electron chi connectivity index (χ0n) is 21.4. The van der Waals surface area contributed by atoms with Crippen molar-refractivity contribution in [3.8, 4) is 0 Å². The molecule has 0 aromatic heterocycles. The van der Waals surface area contributed by atoms with Gasteiger partial charge in [0.05, 0.1) is 11.4 Å². The van der Waals surface area contributed by atoms with Crippen molar-refractivity contribution in [2.24, 2.45) is 0 Å². The maximum absolute atomic E-state index is 14.0. The Balaban J connectivity index is 1.58. The summed E-state index contributed by atoms with van der Waals surface area (Å²) in [6.45, 7) is 0. The number of Topliss-reactive ketones (excluding diaryl/α,β-unsaturated/α-hetero) is 2. The van der Waals surface area contributed by atoms with E-state index in [-0.39, 0.29) is 28.1 Å². The molecule has 0 atom stereocenters. The molecule has 0 saturated heterocycles. The number of hydrogen-bond donors (Lipinski definition) is 1. The largest absolute Gasteiger partial charge is 0.328 e. The van der Waals surface area contributed by atoms with Crippen LogP contribution in [0, 0.1) is 17.5 Å². The number of nitrogens with one attached hydrogen (secondary N) is 1. The Labute approximate surface area is 228 Å². The van der Waals surface area contributed by atoms with Crippen LogP contribution in [0.3, 0.4) is 0 Å². The summed E-state index contributed by atoms with van der Waals surface area (Å²) in [6.07, 6.45) is 0. The molecule has 0 spiro atoms. The summed E-state index contributed by atoms with van der Waals surface area (Å²) in [7, 11) is 3.30. The van der Waals surface area contributed by atoms with Gasteiger partial charge in [0.2, 0.25) is 11.6 Å². The highest BCUT2D eigenvalue weighted by molar-refractivity contribution is 6.32. The maximum Gasteiger partial charge on any atom is 0.255 e. The van der Waals surface area contributed by atoms with Gasteiger partial charge in [-0.25, -0.2) is 13.2 Å². The molecule has 5 rings (SSSR count). The minimum absolute atomic E-state index is 0.195. The van der Waals surface area contributed by atoms with E-state index >= 15 is 0 Å². The molecule has 0 radical (unpaired) electrons. The number of anilines is 3. The summed E-state index contributed by atoms with van der Waals surface area (Å²) < 4.78 is 41.3. The van der Waals surface area contributed by atoms with E-state index in [1.54, 1.807) is 72.4 Å². The standard InChI is InChI=1S/C31H22F3N3O3/c1-36-25-13-12-24(35-30(40)19-8-10-21(32)11-9-19)17-26(25)37(2)31(36)27(28(38)18-6-4-3-5-7-18)29(39)20-14-22(33)16-23(34)15-20/h3-17H,1-2H3,(H,35,40). The summed E-state index contributed by atoms with van der Waals surface area (Å²) in [5.41, 5.74) is 1.49. The molecule has 1 aliphatic rings. The average Bonchev–Trinajstić information content (AvgIpc) is 3.18. The van der Waals surface area contributed by atoms with Crippen LogP contribution in [0.5, 0.6) is 0 Å². The van der Waals surface area contributed by atoms with Crippen molar-refractivity contribution in [3.05, 3.63) is 137 Å². The van der Waals surface area contributed by atoms with Crippen LogP contribution in [0.15, 0.2) is 102 Å². The molecule has 1 amide bonds. The topological polar surface area (TPSA) is 69.7 Å². The molecule has 0 unspecified atom stereocenters. The number of ketones is 2. The van der Waals surface area contributed by atoms with Crippen molar-refractivity contribution in [1.82, 2.24) is 0 Å². The summed E-state index contributed by atoms with van der Waals surface area (Å²) >= 11 is 0. The highest BCUT2D eigenvalue weighted by atomic mass is 19.1. The predicted molar refractivity (Wildman–Crippen MR) is 146 cm³/mol. The summed E-state index contributed by atoms with van der Waals surface area (Å²) in [4.78, 5) is 43.4. The monoisotopic (exact) mass is 541 g/mol. The number of fused-ring (bicyclic) bond motifs is 1. The molecule has 1 aliphatic heterocycles. The molecule has 0 bridgehead atoms. The number of allylic oxidation sites excluding steroid dienone is 1. The third-order valence-corrected chi connectivity index (χ3v) is 6.54. The zero-order chi connectivity index (χ0) is 28.6. The van der Waals surface area contributed by atoms with Crippen LogP contribution in [0.1, 0.15) is 31.1 Å². The third-order valence-electron chi connectivity index (χ3n) is 6.54. The Morgan fingerprint density at radius 1 is 0.600 bits per heavy atom. The Hall–Kier alpha value is -5.18. The fourth-order valence-electron chi connectivity index (χ4n) is 4.62. The van der Waals surface area contributed by atoms with E-state index in [0.717, 1.165) is 12.1 Å². The third kappa shape index (κ3) is 4.96. The van der Waals surface area contributed by atoms with Crippen molar-refractivity contribution < 1.29 is 27.6 Å². The normalized spacial score (nSPS) is 13.6. The molecular weight excluding hydrogens is 519 g/mol. The summed E-state index contributed by atoms with van der Waals surface area (Å²) in [6, 6.07) is 20.6. The first kappa shape index (κ1) is 26.4. The van der Waals surface area contributed by atoms with Crippen molar-refractivity contribution >= 4 is 34.5 Å². The Kier molecular flexibility index (Phi) is 6.96. The van der Waals surface area contributed by atoms with Gasteiger partial charge in [-0.1, -0.05) is 30.3 Å². The molecule has 0 fully saturated rings. The van der Waals surface area contributed by atoms with Gasteiger partial charge in [0, 0.05) is 42.5 Å². The first-order chi connectivity index (χ1) is 19.1. The van der Waals surface area contributed by atoms with Crippen LogP contribution in [0.2, 0.25) is 0 Å². The van der Waals surface area contributed by atoms with Crippen molar-refractivity contribution in [2.75, 3.05) is 29.2 Å². The molecule has 4 aromatic rings. The lowest BCUT2D eigenvalue weighted by Gasteiger charge is -2.22. The quantitative estimate of drug-likeness (QED) is 0.136. The van der Waals surface area contributed by atoms with Gasteiger partial charge in [0.25, 0.3) is 5.91 Å². The first-order valence-electron chi connectivity index (χ1n) is 12.2. The fraction of sp³-hybridized carbons (Fsp3) is 0.0645. The van der Waals surface area contributed by atoms with E-state index in [0.29, 0.717) is 23.1 Å². The predicted octanol–water partition coefficient (Wildman–Crippen LogP) is 6.22. The molecule has 1 heterocycles. The van der Waals surface area contributed by atoms with Crippen LogP contribution < -0.4 is 15.1 Å². The van der Waals surface area contributed by atoms with E-state index < -0.39 is 34.9 Å². The van der Waals surface area contributed by atoms with E-state index in [4.69, 9.17) is 0 Å². The van der Waals surface area contributed by atoms with E-state index in [1.165, 1.54) is 24.3 Å². The molecule has 9 heteroatoms.